The van der Waals surface area contributed by atoms with E-state index in [1.54, 1.807) is 11.3 Å². The van der Waals surface area contributed by atoms with Gasteiger partial charge in [0.15, 0.2) is 0 Å². The van der Waals surface area contributed by atoms with Gasteiger partial charge in [0, 0.05) is 35.6 Å². The van der Waals surface area contributed by atoms with E-state index in [1.165, 1.54) is 0 Å². The molecule has 0 aliphatic carbocycles. The van der Waals surface area contributed by atoms with Gasteiger partial charge in [-0.05, 0) is 44.5 Å². The molecular weight excluding hydrogens is 318 g/mol. The SMILES string of the molecule is Cc1csc(C2CCCN(CC(O)c3cc(F)ccc3F)C2)n1. The number of piperidine rings is 1. The number of benzene rings is 1. The number of β-amino-alcohol motifs (C(OH)–C–C–N with tert-alkyl or cyclic N) is 1. The molecular formula is C17H20F2N2OS. The monoisotopic (exact) mass is 338 g/mol. The van der Waals surface area contributed by atoms with Crippen LogP contribution in [0.1, 0.15) is 41.1 Å². The van der Waals surface area contributed by atoms with Crippen molar-refractivity contribution in [3.05, 3.63) is 51.5 Å². The highest BCUT2D eigenvalue weighted by molar-refractivity contribution is 7.09. The zero-order valence-corrected chi connectivity index (χ0v) is 13.8. The summed E-state index contributed by atoms with van der Waals surface area (Å²) in [5.74, 6) is -0.745. The summed E-state index contributed by atoms with van der Waals surface area (Å²) in [5, 5.41) is 13.4. The number of nitrogens with zero attached hydrogens (tertiary/aromatic N) is 2. The minimum Gasteiger partial charge on any atom is -0.387 e. The average Bonchev–Trinajstić information content (AvgIpc) is 2.96. The lowest BCUT2D eigenvalue weighted by atomic mass is 9.97. The van der Waals surface area contributed by atoms with Crippen LogP contribution in [0.4, 0.5) is 8.78 Å². The molecule has 1 aliphatic rings. The first-order valence-corrected chi connectivity index (χ1v) is 8.68. The zero-order chi connectivity index (χ0) is 16.4. The molecule has 0 spiro atoms. The third-order valence-electron chi connectivity index (χ3n) is 4.24. The molecule has 2 unspecified atom stereocenters. The van der Waals surface area contributed by atoms with Crippen LogP contribution >= 0.6 is 11.3 Å². The van der Waals surface area contributed by atoms with E-state index in [9.17, 15) is 13.9 Å². The second-order valence-electron chi connectivity index (χ2n) is 6.11. The number of aliphatic hydroxyl groups excluding tert-OH is 1. The lowest BCUT2D eigenvalue weighted by Crippen LogP contribution is -2.37. The first kappa shape index (κ1) is 16.5. The van der Waals surface area contributed by atoms with Crippen molar-refractivity contribution in [2.24, 2.45) is 0 Å². The Bertz CT molecular complexity index is 676. The normalized spacial score (nSPS) is 20.6. The first-order chi connectivity index (χ1) is 11.0. The maximum Gasteiger partial charge on any atom is 0.129 e. The molecule has 1 aromatic carbocycles. The van der Waals surface area contributed by atoms with Crippen LogP contribution in [0.15, 0.2) is 23.6 Å². The van der Waals surface area contributed by atoms with Crippen LogP contribution in [0.3, 0.4) is 0 Å². The van der Waals surface area contributed by atoms with Crippen LogP contribution in [-0.2, 0) is 0 Å². The van der Waals surface area contributed by atoms with E-state index in [0.29, 0.717) is 12.5 Å². The van der Waals surface area contributed by atoms with Crippen LogP contribution in [0, 0.1) is 18.6 Å². The van der Waals surface area contributed by atoms with Crippen LogP contribution in [0.2, 0.25) is 0 Å². The smallest absolute Gasteiger partial charge is 0.129 e. The third kappa shape index (κ3) is 3.94. The second-order valence-corrected chi connectivity index (χ2v) is 7.00. The predicted molar refractivity (Wildman–Crippen MR) is 86.6 cm³/mol. The molecule has 1 saturated heterocycles. The summed E-state index contributed by atoms with van der Waals surface area (Å²) < 4.78 is 27.0. The Labute approximate surface area is 138 Å². The molecule has 1 N–H and O–H groups in total. The van der Waals surface area contributed by atoms with Gasteiger partial charge in [-0.1, -0.05) is 0 Å². The maximum atomic E-state index is 13.8. The average molecular weight is 338 g/mol. The Balaban J connectivity index is 1.66. The van der Waals surface area contributed by atoms with E-state index in [0.717, 1.165) is 54.8 Å². The van der Waals surface area contributed by atoms with Crippen molar-refractivity contribution < 1.29 is 13.9 Å². The fraction of sp³-hybridized carbons (Fsp3) is 0.471. The van der Waals surface area contributed by atoms with E-state index in [-0.39, 0.29) is 5.56 Å². The minimum absolute atomic E-state index is 0.0252. The molecule has 0 amide bonds. The topological polar surface area (TPSA) is 36.4 Å². The van der Waals surface area contributed by atoms with E-state index in [1.807, 2.05) is 12.3 Å². The van der Waals surface area contributed by atoms with Gasteiger partial charge in [-0.25, -0.2) is 13.8 Å². The highest BCUT2D eigenvalue weighted by Gasteiger charge is 2.26. The van der Waals surface area contributed by atoms with E-state index in [2.05, 4.69) is 9.88 Å². The van der Waals surface area contributed by atoms with Crippen molar-refractivity contribution in [2.45, 2.75) is 31.8 Å². The van der Waals surface area contributed by atoms with E-state index in [4.69, 9.17) is 0 Å². The minimum atomic E-state index is -1.03. The molecule has 6 heteroatoms. The summed E-state index contributed by atoms with van der Waals surface area (Å²) >= 11 is 1.67. The summed E-state index contributed by atoms with van der Waals surface area (Å²) in [6.45, 7) is 3.94. The predicted octanol–water partition coefficient (Wildman–Crippen LogP) is 3.64. The number of rotatable bonds is 4. The molecule has 3 nitrogen and oxygen atoms in total. The van der Waals surface area contributed by atoms with Crippen molar-refractivity contribution >= 4 is 11.3 Å². The van der Waals surface area contributed by atoms with Gasteiger partial charge in [0.05, 0.1) is 11.1 Å². The van der Waals surface area contributed by atoms with Gasteiger partial charge in [0.2, 0.25) is 0 Å². The molecule has 0 saturated carbocycles. The maximum absolute atomic E-state index is 13.8. The van der Waals surface area contributed by atoms with Crippen LogP contribution in [-0.4, -0.2) is 34.6 Å². The van der Waals surface area contributed by atoms with Crippen molar-refractivity contribution in [1.82, 2.24) is 9.88 Å². The second kappa shape index (κ2) is 7.03. The van der Waals surface area contributed by atoms with Crippen LogP contribution in [0.25, 0.3) is 0 Å². The van der Waals surface area contributed by atoms with Gasteiger partial charge < -0.3 is 5.11 Å². The number of likely N-dealkylation sites (tertiary alicyclic amines) is 1. The Morgan fingerprint density at radius 3 is 3.00 bits per heavy atom. The molecule has 1 aromatic heterocycles. The fourth-order valence-corrected chi connectivity index (χ4v) is 4.02. The molecule has 2 aromatic rings. The number of aryl methyl sites for hydroxylation is 1. The number of aromatic nitrogens is 1. The number of hydrogen-bond acceptors (Lipinski definition) is 4. The largest absolute Gasteiger partial charge is 0.387 e. The number of thiazole rings is 1. The molecule has 23 heavy (non-hydrogen) atoms. The van der Waals surface area contributed by atoms with Crippen molar-refractivity contribution in [1.29, 1.82) is 0 Å². The molecule has 1 fully saturated rings. The van der Waals surface area contributed by atoms with Gasteiger partial charge in [-0.3, -0.25) is 4.90 Å². The molecule has 2 atom stereocenters. The van der Waals surface area contributed by atoms with Crippen molar-refractivity contribution in [3.8, 4) is 0 Å². The number of hydrogen-bond donors (Lipinski definition) is 1. The number of aliphatic hydroxyl groups is 1. The number of halogens is 2. The van der Waals surface area contributed by atoms with Gasteiger partial charge in [0.25, 0.3) is 0 Å². The molecule has 0 radical (unpaired) electrons. The molecule has 1 aliphatic heterocycles. The van der Waals surface area contributed by atoms with Crippen molar-refractivity contribution in [2.75, 3.05) is 19.6 Å². The molecule has 124 valence electrons. The lowest BCUT2D eigenvalue weighted by Gasteiger charge is -2.33. The third-order valence-corrected chi connectivity index (χ3v) is 5.36. The van der Waals surface area contributed by atoms with Gasteiger partial charge >= 0.3 is 0 Å². The highest BCUT2D eigenvalue weighted by Crippen LogP contribution is 2.30. The van der Waals surface area contributed by atoms with Crippen LogP contribution < -0.4 is 0 Å². The Hall–Kier alpha value is -1.37. The van der Waals surface area contributed by atoms with Gasteiger partial charge in [-0.15, -0.1) is 11.3 Å². The highest BCUT2D eigenvalue weighted by atomic mass is 32.1. The Morgan fingerprint density at radius 2 is 2.26 bits per heavy atom. The molecule has 0 bridgehead atoms. The first-order valence-electron chi connectivity index (χ1n) is 7.80. The Morgan fingerprint density at radius 1 is 1.43 bits per heavy atom. The Kier molecular flexibility index (Phi) is 5.04. The van der Waals surface area contributed by atoms with E-state index >= 15 is 0 Å². The van der Waals surface area contributed by atoms with E-state index < -0.39 is 17.7 Å². The molecule has 3 rings (SSSR count). The van der Waals surface area contributed by atoms with Gasteiger partial charge in [-0.2, -0.15) is 0 Å². The summed E-state index contributed by atoms with van der Waals surface area (Å²) in [5.41, 5.74) is 1.06. The summed E-state index contributed by atoms with van der Waals surface area (Å²) in [6, 6.07) is 3.20. The standard InChI is InChI=1S/C17H20F2N2OS/c1-11-10-23-17(20-11)12-3-2-6-21(8-12)9-16(22)14-7-13(18)4-5-15(14)19/h4-5,7,10,12,16,22H,2-3,6,8-9H2,1H3. The zero-order valence-electron chi connectivity index (χ0n) is 13.0. The van der Waals surface area contributed by atoms with Crippen LogP contribution in [0.5, 0.6) is 0 Å². The van der Waals surface area contributed by atoms with Gasteiger partial charge in [0.1, 0.15) is 11.6 Å². The fourth-order valence-electron chi connectivity index (χ4n) is 3.10. The molecule has 2 heterocycles. The lowest BCUT2D eigenvalue weighted by molar-refractivity contribution is 0.0927. The van der Waals surface area contributed by atoms with Crippen molar-refractivity contribution in [3.63, 3.8) is 0 Å². The summed E-state index contributed by atoms with van der Waals surface area (Å²) in [6.07, 6.45) is 1.07. The quantitative estimate of drug-likeness (QED) is 0.924. The summed E-state index contributed by atoms with van der Waals surface area (Å²) in [7, 11) is 0. The summed E-state index contributed by atoms with van der Waals surface area (Å²) in [4.78, 5) is 6.66.